The molecule has 1 saturated heterocycles. The van der Waals surface area contributed by atoms with Crippen molar-refractivity contribution in [2.45, 2.75) is 44.6 Å². The fraction of sp³-hybridized carbons (Fsp3) is 0.619. The number of sulfonamides is 1. The quantitative estimate of drug-likeness (QED) is 0.368. The number of amides is 3. The Morgan fingerprint density at radius 2 is 2.00 bits per heavy atom. The van der Waals surface area contributed by atoms with Gasteiger partial charge in [-0.25, -0.2) is 17.9 Å². The molecule has 1 aromatic rings. The van der Waals surface area contributed by atoms with Crippen molar-refractivity contribution in [1.29, 1.82) is 0 Å². The number of benzene rings is 1. The van der Waals surface area contributed by atoms with E-state index in [2.05, 4.69) is 10.0 Å². The molecule has 9 nitrogen and oxygen atoms in total. The number of hydrogen-bond acceptors (Lipinski definition) is 6. The molecule has 1 aliphatic carbocycles. The number of hydrogen-bond donors (Lipinski definition) is 2. The number of halogens is 1. The van der Waals surface area contributed by atoms with Gasteiger partial charge in [0, 0.05) is 18.5 Å². The molecular weight excluding hydrogens is 458 g/mol. The highest BCUT2D eigenvalue weighted by molar-refractivity contribution is 7.89. The Kier molecular flexibility index (Phi) is 7.11. The van der Waals surface area contributed by atoms with Gasteiger partial charge in [-0.2, -0.15) is 0 Å². The molecular formula is C21H28ClN3O6S. The number of rotatable bonds is 11. The van der Waals surface area contributed by atoms with Crippen LogP contribution in [0.15, 0.2) is 12.1 Å². The molecule has 0 aromatic heterocycles. The molecule has 3 amide bonds. The molecule has 0 radical (unpaired) electrons. The maximum atomic E-state index is 12.7. The van der Waals surface area contributed by atoms with E-state index in [-0.39, 0.29) is 24.2 Å². The monoisotopic (exact) mass is 485 g/mol. The Morgan fingerprint density at radius 3 is 2.72 bits per heavy atom. The molecule has 2 fully saturated rings. The van der Waals surface area contributed by atoms with E-state index in [9.17, 15) is 18.0 Å². The number of carbonyl (C=O) groups is 2. The number of urea groups is 1. The minimum absolute atomic E-state index is 0.0105. The van der Waals surface area contributed by atoms with Crippen LogP contribution < -0.4 is 19.5 Å². The summed E-state index contributed by atoms with van der Waals surface area (Å²) < 4.78 is 39.8. The first kappa shape index (κ1) is 23.1. The lowest BCUT2D eigenvalue weighted by atomic mass is 10.0. The van der Waals surface area contributed by atoms with E-state index in [1.807, 2.05) is 0 Å². The van der Waals surface area contributed by atoms with Gasteiger partial charge in [-0.15, -0.1) is 0 Å². The van der Waals surface area contributed by atoms with Crippen molar-refractivity contribution < 1.29 is 27.5 Å². The Balaban J connectivity index is 1.29. The summed E-state index contributed by atoms with van der Waals surface area (Å²) in [5.74, 6) is 1.25. The van der Waals surface area contributed by atoms with E-state index < -0.39 is 16.1 Å². The van der Waals surface area contributed by atoms with E-state index in [0.717, 1.165) is 18.4 Å². The minimum atomic E-state index is -3.51. The van der Waals surface area contributed by atoms with E-state index in [1.54, 1.807) is 12.1 Å². The first-order chi connectivity index (χ1) is 15.3. The molecule has 2 heterocycles. The number of unbranched alkanes of at least 4 members (excludes halogenated alkanes) is 2. The molecule has 1 aromatic carbocycles. The van der Waals surface area contributed by atoms with Crippen molar-refractivity contribution in [3.63, 3.8) is 0 Å². The molecule has 2 N–H and O–H groups in total. The van der Waals surface area contributed by atoms with Gasteiger partial charge < -0.3 is 14.4 Å². The maximum absolute atomic E-state index is 12.7. The highest BCUT2D eigenvalue weighted by Gasteiger charge is 2.31. The zero-order chi connectivity index (χ0) is 22.7. The van der Waals surface area contributed by atoms with Gasteiger partial charge in [-0.1, -0.05) is 24.1 Å². The SMILES string of the molecule is O=C1CN(CCCCCS(=O)(=O)N[C@@H]2CCOc3c2ccc(Cl)c3OCC2CC2)C(=O)N1. The highest BCUT2D eigenvalue weighted by atomic mass is 35.5. The third kappa shape index (κ3) is 5.85. The van der Waals surface area contributed by atoms with Crippen molar-refractivity contribution >= 4 is 33.6 Å². The van der Waals surface area contributed by atoms with Gasteiger partial charge in [-0.3, -0.25) is 10.1 Å². The zero-order valence-corrected chi connectivity index (χ0v) is 19.3. The third-order valence-corrected chi connectivity index (χ3v) is 7.58. The lowest BCUT2D eigenvalue weighted by molar-refractivity contribution is -0.118. The van der Waals surface area contributed by atoms with Crippen molar-refractivity contribution in [3.05, 3.63) is 22.7 Å². The summed E-state index contributed by atoms with van der Waals surface area (Å²) in [4.78, 5) is 24.1. The summed E-state index contributed by atoms with van der Waals surface area (Å²) >= 11 is 6.32. The predicted molar refractivity (Wildman–Crippen MR) is 118 cm³/mol. The van der Waals surface area contributed by atoms with E-state index in [0.29, 0.717) is 67.9 Å². The van der Waals surface area contributed by atoms with E-state index in [1.165, 1.54) is 4.90 Å². The molecule has 11 heteroatoms. The Hall–Kier alpha value is -2.04. The van der Waals surface area contributed by atoms with Crippen LogP contribution in [0.4, 0.5) is 4.79 Å². The summed E-state index contributed by atoms with van der Waals surface area (Å²) in [5.41, 5.74) is 0.736. The van der Waals surface area contributed by atoms with Crippen LogP contribution in [0.2, 0.25) is 5.02 Å². The third-order valence-electron chi connectivity index (χ3n) is 5.81. The molecule has 1 saturated carbocycles. The van der Waals surface area contributed by atoms with Gasteiger partial charge in [0.1, 0.15) is 6.54 Å². The fourth-order valence-electron chi connectivity index (χ4n) is 3.86. The van der Waals surface area contributed by atoms with Gasteiger partial charge in [-0.05, 0) is 37.7 Å². The maximum Gasteiger partial charge on any atom is 0.324 e. The van der Waals surface area contributed by atoms with Crippen LogP contribution in [0.5, 0.6) is 11.5 Å². The molecule has 3 aliphatic rings. The molecule has 2 aliphatic heterocycles. The molecule has 4 rings (SSSR count). The molecule has 0 spiro atoms. The van der Waals surface area contributed by atoms with Gasteiger partial charge in [0.15, 0.2) is 11.5 Å². The fourth-order valence-corrected chi connectivity index (χ4v) is 5.45. The second-order valence-corrected chi connectivity index (χ2v) is 10.8. The molecule has 176 valence electrons. The zero-order valence-electron chi connectivity index (χ0n) is 17.8. The largest absolute Gasteiger partial charge is 0.489 e. The first-order valence-electron chi connectivity index (χ1n) is 11.0. The summed E-state index contributed by atoms with van der Waals surface area (Å²) in [6, 6.07) is 2.72. The van der Waals surface area contributed by atoms with Crippen LogP contribution in [-0.2, 0) is 14.8 Å². The highest BCUT2D eigenvalue weighted by Crippen LogP contribution is 2.45. The van der Waals surface area contributed by atoms with Crippen molar-refractivity contribution in [3.8, 4) is 11.5 Å². The Morgan fingerprint density at radius 1 is 1.19 bits per heavy atom. The van der Waals surface area contributed by atoms with Gasteiger partial charge in [0.2, 0.25) is 15.9 Å². The second-order valence-electron chi connectivity index (χ2n) is 8.51. The van der Waals surface area contributed by atoms with E-state index >= 15 is 0 Å². The number of carbonyl (C=O) groups excluding carboxylic acids is 2. The normalized spacial score (nSPS) is 20.7. The minimum Gasteiger partial charge on any atom is -0.489 e. The van der Waals surface area contributed by atoms with Gasteiger partial charge in [0.25, 0.3) is 0 Å². The predicted octanol–water partition coefficient (Wildman–Crippen LogP) is 2.59. The average molecular weight is 486 g/mol. The number of fused-ring (bicyclic) bond motifs is 1. The van der Waals surface area contributed by atoms with E-state index in [4.69, 9.17) is 21.1 Å². The van der Waals surface area contributed by atoms with Crippen LogP contribution >= 0.6 is 11.6 Å². The summed E-state index contributed by atoms with van der Waals surface area (Å²) in [7, 11) is -3.51. The Bertz CT molecular complexity index is 982. The standard InChI is InChI=1S/C21H28ClN3O6S/c22-16-7-6-15-17(8-10-30-19(15)20(16)31-13-14-4-5-14)24-32(28,29)11-3-1-2-9-25-12-18(26)23-21(25)27/h6-7,14,17,24H,1-5,8-13H2,(H,23,26,27)/t17-/m1/s1. The average Bonchev–Trinajstić information content (AvgIpc) is 3.50. The smallest absolute Gasteiger partial charge is 0.324 e. The first-order valence-corrected chi connectivity index (χ1v) is 13.0. The number of nitrogens with one attached hydrogen (secondary N) is 2. The van der Waals surface area contributed by atoms with Gasteiger partial charge >= 0.3 is 6.03 Å². The number of imide groups is 1. The second kappa shape index (κ2) is 9.84. The molecule has 32 heavy (non-hydrogen) atoms. The number of nitrogens with zero attached hydrogens (tertiary/aromatic N) is 1. The van der Waals surface area contributed by atoms with Crippen LogP contribution in [0.1, 0.15) is 50.1 Å². The topological polar surface area (TPSA) is 114 Å². The van der Waals surface area contributed by atoms with Gasteiger partial charge in [0.05, 0.1) is 30.0 Å². The van der Waals surface area contributed by atoms with Crippen LogP contribution in [0.25, 0.3) is 0 Å². The lowest BCUT2D eigenvalue weighted by Gasteiger charge is -2.28. The Labute approximate surface area is 192 Å². The van der Waals surface area contributed by atoms with Crippen LogP contribution in [-0.4, -0.2) is 57.3 Å². The van der Waals surface area contributed by atoms with Crippen molar-refractivity contribution in [2.75, 3.05) is 32.1 Å². The van der Waals surface area contributed by atoms with Crippen molar-refractivity contribution in [2.24, 2.45) is 5.92 Å². The molecule has 0 bridgehead atoms. The van der Waals surface area contributed by atoms with Crippen LogP contribution in [0.3, 0.4) is 0 Å². The lowest BCUT2D eigenvalue weighted by Crippen LogP contribution is -2.34. The summed E-state index contributed by atoms with van der Waals surface area (Å²) in [6.07, 6.45) is 4.56. The molecule has 1 atom stereocenters. The summed E-state index contributed by atoms with van der Waals surface area (Å²) in [5, 5.41) is 2.68. The van der Waals surface area contributed by atoms with Crippen LogP contribution in [0, 0.1) is 5.92 Å². The molecule has 0 unspecified atom stereocenters. The summed E-state index contributed by atoms with van der Waals surface area (Å²) in [6.45, 7) is 1.46. The number of ether oxygens (including phenoxy) is 2. The van der Waals surface area contributed by atoms with Crippen molar-refractivity contribution in [1.82, 2.24) is 14.9 Å².